The Morgan fingerprint density at radius 2 is 1.77 bits per heavy atom. The fourth-order valence-electron chi connectivity index (χ4n) is 2.06. The molecular weight excluding hydrogens is 305 g/mol. The summed E-state index contributed by atoms with van der Waals surface area (Å²) in [6.45, 7) is 2.16. The minimum Gasteiger partial charge on any atom is -0.495 e. The molecule has 0 unspecified atom stereocenters. The number of nitrogens with zero attached hydrogens (tertiary/aromatic N) is 1. The second kappa shape index (κ2) is 6.46. The van der Waals surface area contributed by atoms with Crippen molar-refractivity contribution in [1.82, 2.24) is 4.31 Å². The van der Waals surface area contributed by atoms with Gasteiger partial charge in [0.15, 0.2) is 0 Å². The number of sulfonamides is 1. The van der Waals surface area contributed by atoms with Crippen LogP contribution in [0.25, 0.3) is 0 Å². The third kappa shape index (κ3) is 3.45. The van der Waals surface area contributed by atoms with E-state index in [1.54, 1.807) is 0 Å². The lowest BCUT2D eigenvalue weighted by atomic mass is 10.1. The highest BCUT2D eigenvalue weighted by molar-refractivity contribution is 7.89. The van der Waals surface area contributed by atoms with Crippen LogP contribution in [0.5, 0.6) is 5.75 Å². The van der Waals surface area contributed by atoms with Gasteiger partial charge in [-0.15, -0.1) is 0 Å². The van der Waals surface area contributed by atoms with Crippen LogP contribution in [-0.4, -0.2) is 26.9 Å². The number of halogens is 1. The SMILES string of the molecule is COc1ccc(F)cc1S(=O)(=O)N(C)Cc1ccc(C)cc1. The monoisotopic (exact) mass is 323 g/mol. The molecule has 0 aliphatic heterocycles. The Morgan fingerprint density at radius 1 is 1.14 bits per heavy atom. The zero-order valence-corrected chi connectivity index (χ0v) is 13.5. The van der Waals surface area contributed by atoms with Gasteiger partial charge in [0.25, 0.3) is 0 Å². The normalized spacial score (nSPS) is 11.7. The molecule has 0 radical (unpaired) electrons. The maximum atomic E-state index is 13.4. The molecule has 0 aromatic heterocycles. The quantitative estimate of drug-likeness (QED) is 0.850. The first-order chi connectivity index (χ1) is 10.3. The molecule has 2 rings (SSSR count). The van der Waals surface area contributed by atoms with Gasteiger partial charge in [-0.05, 0) is 30.7 Å². The van der Waals surface area contributed by atoms with Gasteiger partial charge in [-0.1, -0.05) is 29.8 Å². The molecule has 0 saturated heterocycles. The number of aryl methyl sites for hydroxylation is 1. The number of rotatable bonds is 5. The van der Waals surface area contributed by atoms with Crippen molar-refractivity contribution in [2.24, 2.45) is 0 Å². The number of ether oxygens (including phenoxy) is 1. The average Bonchev–Trinajstić information content (AvgIpc) is 2.49. The van der Waals surface area contributed by atoms with E-state index in [1.807, 2.05) is 31.2 Å². The molecule has 0 heterocycles. The fourth-order valence-corrected chi connectivity index (χ4v) is 3.38. The zero-order valence-electron chi connectivity index (χ0n) is 12.7. The lowest BCUT2D eigenvalue weighted by Crippen LogP contribution is -2.27. The molecule has 2 aromatic rings. The first-order valence-corrected chi connectivity index (χ1v) is 8.14. The molecular formula is C16H18FNO3S. The molecule has 0 aliphatic carbocycles. The van der Waals surface area contributed by atoms with E-state index in [9.17, 15) is 12.8 Å². The lowest BCUT2D eigenvalue weighted by molar-refractivity contribution is 0.395. The maximum Gasteiger partial charge on any atom is 0.246 e. The first-order valence-electron chi connectivity index (χ1n) is 6.70. The van der Waals surface area contributed by atoms with E-state index in [4.69, 9.17) is 4.74 Å². The van der Waals surface area contributed by atoms with Crippen molar-refractivity contribution >= 4 is 10.0 Å². The maximum absolute atomic E-state index is 13.4. The molecule has 0 amide bonds. The zero-order chi connectivity index (χ0) is 16.3. The smallest absolute Gasteiger partial charge is 0.246 e. The van der Waals surface area contributed by atoms with Crippen molar-refractivity contribution in [2.45, 2.75) is 18.4 Å². The highest BCUT2D eigenvalue weighted by atomic mass is 32.2. The molecule has 2 aromatic carbocycles. The summed E-state index contributed by atoms with van der Waals surface area (Å²) in [7, 11) is -1.03. The minimum absolute atomic E-state index is 0.122. The molecule has 6 heteroatoms. The predicted molar refractivity (Wildman–Crippen MR) is 82.8 cm³/mol. The Bertz CT molecular complexity index is 757. The van der Waals surface area contributed by atoms with Crippen molar-refractivity contribution in [2.75, 3.05) is 14.2 Å². The van der Waals surface area contributed by atoms with Gasteiger partial charge < -0.3 is 4.74 Å². The molecule has 0 atom stereocenters. The predicted octanol–water partition coefficient (Wildman–Crippen LogP) is 2.96. The molecule has 4 nitrogen and oxygen atoms in total. The minimum atomic E-state index is -3.84. The molecule has 0 saturated carbocycles. The van der Waals surface area contributed by atoms with Crippen molar-refractivity contribution in [3.05, 3.63) is 59.4 Å². The van der Waals surface area contributed by atoms with Crippen LogP contribution in [0.2, 0.25) is 0 Å². The topological polar surface area (TPSA) is 46.6 Å². The van der Waals surface area contributed by atoms with Crippen molar-refractivity contribution < 1.29 is 17.5 Å². The largest absolute Gasteiger partial charge is 0.495 e. The van der Waals surface area contributed by atoms with Crippen LogP contribution >= 0.6 is 0 Å². The molecule has 22 heavy (non-hydrogen) atoms. The number of hydrogen-bond donors (Lipinski definition) is 0. The van der Waals surface area contributed by atoms with E-state index >= 15 is 0 Å². The Morgan fingerprint density at radius 3 is 2.36 bits per heavy atom. The van der Waals surface area contributed by atoms with Crippen molar-refractivity contribution in [3.8, 4) is 5.75 Å². The Balaban J connectivity index is 2.33. The molecule has 0 spiro atoms. The van der Waals surface area contributed by atoms with E-state index in [0.29, 0.717) is 0 Å². The second-order valence-electron chi connectivity index (χ2n) is 5.04. The Hall–Kier alpha value is -1.92. The summed E-state index contributed by atoms with van der Waals surface area (Å²) in [6.07, 6.45) is 0. The van der Waals surface area contributed by atoms with Crippen LogP contribution in [0.3, 0.4) is 0 Å². The molecule has 0 N–H and O–H groups in total. The van der Waals surface area contributed by atoms with Crippen LogP contribution < -0.4 is 4.74 Å². The van der Waals surface area contributed by atoms with Gasteiger partial charge in [-0.25, -0.2) is 12.8 Å². The summed E-state index contributed by atoms with van der Waals surface area (Å²) in [5.74, 6) is -0.500. The highest BCUT2D eigenvalue weighted by Gasteiger charge is 2.25. The lowest BCUT2D eigenvalue weighted by Gasteiger charge is -2.19. The van der Waals surface area contributed by atoms with Crippen molar-refractivity contribution in [3.63, 3.8) is 0 Å². The van der Waals surface area contributed by atoms with Crippen LogP contribution in [0.15, 0.2) is 47.4 Å². The molecule has 0 bridgehead atoms. The summed E-state index contributed by atoms with van der Waals surface area (Å²) in [4.78, 5) is -0.176. The average molecular weight is 323 g/mol. The van der Waals surface area contributed by atoms with Gasteiger partial charge in [0.2, 0.25) is 10.0 Å². The van der Waals surface area contributed by atoms with Gasteiger partial charge in [0.05, 0.1) is 7.11 Å². The van der Waals surface area contributed by atoms with Crippen LogP contribution in [0.4, 0.5) is 4.39 Å². The van der Waals surface area contributed by atoms with Gasteiger partial charge >= 0.3 is 0 Å². The standard InChI is InChI=1S/C16H18FNO3S/c1-12-4-6-13(7-5-12)11-18(2)22(19,20)16-10-14(17)8-9-15(16)21-3/h4-10H,11H2,1-3H3. The Kier molecular flexibility index (Phi) is 4.83. The van der Waals surface area contributed by atoms with Gasteiger partial charge in [-0.2, -0.15) is 4.31 Å². The van der Waals surface area contributed by atoms with E-state index in [1.165, 1.54) is 24.5 Å². The highest BCUT2D eigenvalue weighted by Crippen LogP contribution is 2.27. The fraction of sp³-hybridized carbons (Fsp3) is 0.250. The third-order valence-electron chi connectivity index (χ3n) is 3.34. The van der Waals surface area contributed by atoms with Gasteiger partial charge in [0.1, 0.15) is 16.5 Å². The van der Waals surface area contributed by atoms with Crippen LogP contribution in [-0.2, 0) is 16.6 Å². The van der Waals surface area contributed by atoms with E-state index in [-0.39, 0.29) is 17.2 Å². The van der Waals surface area contributed by atoms with E-state index in [2.05, 4.69) is 0 Å². The van der Waals surface area contributed by atoms with E-state index in [0.717, 1.165) is 23.3 Å². The number of benzene rings is 2. The summed E-state index contributed by atoms with van der Waals surface area (Å²) in [5.41, 5.74) is 1.95. The van der Waals surface area contributed by atoms with Crippen LogP contribution in [0, 0.1) is 12.7 Å². The Labute approximate surface area is 130 Å². The summed E-state index contributed by atoms with van der Waals surface area (Å²) >= 11 is 0. The summed E-state index contributed by atoms with van der Waals surface area (Å²) < 4.78 is 44.8. The molecule has 118 valence electrons. The van der Waals surface area contributed by atoms with Crippen LogP contribution in [0.1, 0.15) is 11.1 Å². The van der Waals surface area contributed by atoms with E-state index < -0.39 is 15.8 Å². The van der Waals surface area contributed by atoms with Gasteiger partial charge in [0, 0.05) is 13.6 Å². The van der Waals surface area contributed by atoms with Gasteiger partial charge in [-0.3, -0.25) is 0 Å². The summed E-state index contributed by atoms with van der Waals surface area (Å²) in [5, 5.41) is 0. The second-order valence-corrected chi connectivity index (χ2v) is 7.06. The summed E-state index contributed by atoms with van der Waals surface area (Å²) in [6, 6.07) is 11.0. The number of hydrogen-bond acceptors (Lipinski definition) is 3. The third-order valence-corrected chi connectivity index (χ3v) is 5.16. The molecule has 0 fully saturated rings. The van der Waals surface area contributed by atoms with Crippen molar-refractivity contribution in [1.29, 1.82) is 0 Å². The number of methoxy groups -OCH3 is 1. The first kappa shape index (κ1) is 16.5. The molecule has 0 aliphatic rings.